The van der Waals surface area contributed by atoms with Crippen LogP contribution in [0.25, 0.3) is 0 Å². The van der Waals surface area contributed by atoms with E-state index in [2.05, 4.69) is 34.1 Å². The minimum absolute atomic E-state index is 0.0894. The summed E-state index contributed by atoms with van der Waals surface area (Å²) in [7, 11) is 1.89. The number of imidazole rings is 1. The molecule has 23 heavy (non-hydrogen) atoms. The summed E-state index contributed by atoms with van der Waals surface area (Å²) in [5.74, 6) is 1.94. The molecule has 3 rings (SSSR count). The van der Waals surface area contributed by atoms with Gasteiger partial charge in [0.2, 0.25) is 5.78 Å². The van der Waals surface area contributed by atoms with Crippen LogP contribution in [0.1, 0.15) is 23.5 Å². The summed E-state index contributed by atoms with van der Waals surface area (Å²) in [6, 6.07) is 10.5. The number of likely N-dealkylation sites (tertiary alicyclic amines) is 1. The van der Waals surface area contributed by atoms with Crippen molar-refractivity contribution in [3.05, 3.63) is 48.5 Å². The first kappa shape index (κ1) is 16.3. The Labute approximate surface area is 141 Å². The summed E-state index contributed by atoms with van der Waals surface area (Å²) in [6.07, 6.45) is 5.61. The number of benzene rings is 1. The van der Waals surface area contributed by atoms with Gasteiger partial charge in [-0.25, -0.2) is 4.98 Å². The molecule has 4 nitrogen and oxygen atoms in total. The average Bonchev–Trinajstić information content (AvgIpc) is 3.01. The Hall–Kier alpha value is -1.59. The molecule has 1 atom stereocenters. The molecule has 0 N–H and O–H groups in total. The van der Waals surface area contributed by atoms with Crippen LogP contribution >= 0.6 is 11.8 Å². The first-order valence-electron chi connectivity index (χ1n) is 8.16. The van der Waals surface area contributed by atoms with Crippen molar-refractivity contribution in [1.29, 1.82) is 0 Å². The number of ketones is 1. The number of aromatic nitrogens is 2. The Bertz CT molecular complexity index is 641. The van der Waals surface area contributed by atoms with Crippen molar-refractivity contribution in [2.45, 2.75) is 17.7 Å². The summed E-state index contributed by atoms with van der Waals surface area (Å²) in [4.78, 5) is 20.5. The lowest BCUT2D eigenvalue weighted by atomic mass is 9.93. The number of carbonyl (C=O) groups excluding carboxylic acids is 1. The number of carbonyl (C=O) groups is 1. The number of piperidine rings is 1. The molecule has 1 aliphatic rings. The van der Waals surface area contributed by atoms with E-state index in [1.54, 1.807) is 6.20 Å². The van der Waals surface area contributed by atoms with Crippen molar-refractivity contribution >= 4 is 17.5 Å². The van der Waals surface area contributed by atoms with E-state index < -0.39 is 0 Å². The van der Waals surface area contributed by atoms with Crippen molar-refractivity contribution < 1.29 is 4.79 Å². The van der Waals surface area contributed by atoms with E-state index in [-0.39, 0.29) is 11.7 Å². The predicted molar refractivity (Wildman–Crippen MR) is 93.9 cm³/mol. The zero-order chi connectivity index (χ0) is 16.1. The summed E-state index contributed by atoms with van der Waals surface area (Å²) in [6.45, 7) is 2.99. The zero-order valence-electron chi connectivity index (χ0n) is 13.5. The van der Waals surface area contributed by atoms with Crippen LogP contribution in [-0.2, 0) is 7.05 Å². The highest BCUT2D eigenvalue weighted by atomic mass is 32.2. The maximum absolute atomic E-state index is 12.6. The van der Waals surface area contributed by atoms with E-state index in [1.165, 1.54) is 4.90 Å². The highest BCUT2D eigenvalue weighted by molar-refractivity contribution is 7.99. The van der Waals surface area contributed by atoms with E-state index in [1.807, 2.05) is 35.6 Å². The van der Waals surface area contributed by atoms with Gasteiger partial charge in [0.25, 0.3) is 0 Å². The Morgan fingerprint density at radius 1 is 1.35 bits per heavy atom. The minimum atomic E-state index is 0.0894. The standard InChI is InChI=1S/C18H23N3OS/c1-20-11-9-19-18(20)17(22)15-6-5-10-21(14-15)12-13-23-16-7-3-2-4-8-16/h2-4,7-9,11,15H,5-6,10,12-14H2,1H3/t15-/m1/s1. The molecule has 2 heterocycles. The molecule has 5 heteroatoms. The Morgan fingerprint density at radius 3 is 2.91 bits per heavy atom. The van der Waals surface area contributed by atoms with Crippen LogP contribution in [0.4, 0.5) is 0 Å². The molecule has 2 aromatic rings. The quantitative estimate of drug-likeness (QED) is 0.603. The van der Waals surface area contributed by atoms with Crippen LogP contribution in [0.2, 0.25) is 0 Å². The second kappa shape index (κ2) is 7.79. The molecular formula is C18H23N3OS. The van der Waals surface area contributed by atoms with Gasteiger partial charge >= 0.3 is 0 Å². The number of Topliss-reactive ketones (excluding diaryl/α,β-unsaturated/α-hetero) is 1. The van der Waals surface area contributed by atoms with Gasteiger partial charge in [0.15, 0.2) is 5.82 Å². The van der Waals surface area contributed by atoms with E-state index in [9.17, 15) is 4.79 Å². The SMILES string of the molecule is Cn1ccnc1C(=O)[C@@H]1CCCN(CCSc2ccccc2)C1. The molecule has 1 fully saturated rings. The van der Waals surface area contributed by atoms with Crippen molar-refractivity contribution in [2.24, 2.45) is 13.0 Å². The van der Waals surface area contributed by atoms with Gasteiger partial charge in [-0.05, 0) is 31.5 Å². The lowest BCUT2D eigenvalue weighted by Crippen LogP contribution is -2.40. The van der Waals surface area contributed by atoms with Gasteiger partial charge in [-0.3, -0.25) is 4.79 Å². The number of aryl methyl sites for hydroxylation is 1. The molecule has 0 spiro atoms. The second-order valence-electron chi connectivity index (χ2n) is 6.03. The van der Waals surface area contributed by atoms with Crippen LogP contribution in [0.15, 0.2) is 47.6 Å². The number of rotatable bonds is 6. The third-order valence-electron chi connectivity index (χ3n) is 4.34. The molecule has 0 radical (unpaired) electrons. The molecule has 1 saturated heterocycles. The molecule has 1 aromatic heterocycles. The van der Waals surface area contributed by atoms with Gasteiger partial charge in [-0.1, -0.05) is 18.2 Å². The van der Waals surface area contributed by atoms with Crippen molar-refractivity contribution in [3.63, 3.8) is 0 Å². The lowest BCUT2D eigenvalue weighted by Gasteiger charge is -2.31. The fraction of sp³-hybridized carbons (Fsp3) is 0.444. The second-order valence-corrected chi connectivity index (χ2v) is 7.20. The molecule has 0 bridgehead atoms. The first-order valence-corrected chi connectivity index (χ1v) is 9.14. The van der Waals surface area contributed by atoms with Crippen LogP contribution in [0, 0.1) is 5.92 Å². The maximum Gasteiger partial charge on any atom is 0.202 e. The van der Waals surface area contributed by atoms with Gasteiger partial charge in [-0.2, -0.15) is 0 Å². The van der Waals surface area contributed by atoms with Gasteiger partial charge < -0.3 is 9.47 Å². The van der Waals surface area contributed by atoms with Gasteiger partial charge in [0.05, 0.1) is 0 Å². The molecule has 1 aromatic carbocycles. The fourth-order valence-electron chi connectivity index (χ4n) is 3.07. The van der Waals surface area contributed by atoms with Crippen LogP contribution in [0.5, 0.6) is 0 Å². The molecule has 0 saturated carbocycles. The number of hydrogen-bond acceptors (Lipinski definition) is 4. The van der Waals surface area contributed by atoms with Crippen molar-refractivity contribution in [1.82, 2.24) is 14.5 Å². The topological polar surface area (TPSA) is 38.1 Å². The fourth-order valence-corrected chi connectivity index (χ4v) is 4.00. The van der Waals surface area contributed by atoms with E-state index in [4.69, 9.17) is 0 Å². The average molecular weight is 329 g/mol. The Morgan fingerprint density at radius 2 is 2.17 bits per heavy atom. The Kier molecular flexibility index (Phi) is 5.51. The third kappa shape index (κ3) is 4.24. The van der Waals surface area contributed by atoms with Crippen LogP contribution in [-0.4, -0.2) is 45.6 Å². The molecule has 1 aliphatic heterocycles. The monoisotopic (exact) mass is 329 g/mol. The summed E-state index contributed by atoms with van der Waals surface area (Å²) >= 11 is 1.88. The number of thioether (sulfide) groups is 1. The number of nitrogens with zero attached hydrogens (tertiary/aromatic N) is 3. The predicted octanol–water partition coefficient (Wildman–Crippen LogP) is 3.11. The molecule has 122 valence electrons. The molecular weight excluding hydrogens is 306 g/mol. The Balaban J connectivity index is 1.50. The van der Waals surface area contributed by atoms with Crippen LogP contribution < -0.4 is 0 Å². The highest BCUT2D eigenvalue weighted by Crippen LogP contribution is 2.22. The van der Waals surface area contributed by atoms with Crippen LogP contribution in [0.3, 0.4) is 0 Å². The minimum Gasteiger partial charge on any atom is -0.332 e. The van der Waals surface area contributed by atoms with E-state index in [0.29, 0.717) is 5.82 Å². The van der Waals surface area contributed by atoms with E-state index in [0.717, 1.165) is 38.2 Å². The van der Waals surface area contributed by atoms with Crippen molar-refractivity contribution in [2.75, 3.05) is 25.4 Å². The highest BCUT2D eigenvalue weighted by Gasteiger charge is 2.28. The summed E-state index contributed by atoms with van der Waals surface area (Å²) in [5.41, 5.74) is 0. The van der Waals surface area contributed by atoms with Gasteiger partial charge in [-0.15, -0.1) is 11.8 Å². The number of hydrogen-bond donors (Lipinski definition) is 0. The van der Waals surface area contributed by atoms with E-state index >= 15 is 0 Å². The molecule has 0 aliphatic carbocycles. The molecule has 0 unspecified atom stereocenters. The maximum atomic E-state index is 12.6. The third-order valence-corrected chi connectivity index (χ3v) is 5.33. The lowest BCUT2D eigenvalue weighted by molar-refractivity contribution is 0.0812. The zero-order valence-corrected chi connectivity index (χ0v) is 14.3. The summed E-state index contributed by atoms with van der Waals surface area (Å²) < 4.78 is 1.83. The summed E-state index contributed by atoms with van der Waals surface area (Å²) in [5, 5.41) is 0. The molecule has 0 amide bonds. The largest absolute Gasteiger partial charge is 0.332 e. The normalized spacial score (nSPS) is 18.9. The smallest absolute Gasteiger partial charge is 0.202 e. The van der Waals surface area contributed by atoms with Gasteiger partial charge in [0.1, 0.15) is 0 Å². The van der Waals surface area contributed by atoms with Crippen molar-refractivity contribution in [3.8, 4) is 0 Å². The first-order chi connectivity index (χ1) is 11.2. The van der Waals surface area contributed by atoms with Gasteiger partial charge in [0, 0.05) is 49.1 Å².